The first-order valence-electron chi connectivity index (χ1n) is 12.0. The van der Waals surface area contributed by atoms with Gasteiger partial charge in [0.25, 0.3) is 5.91 Å². The molecule has 2 aliphatic heterocycles. The van der Waals surface area contributed by atoms with Crippen molar-refractivity contribution in [2.24, 2.45) is 0 Å². The zero-order valence-corrected chi connectivity index (χ0v) is 21.3. The van der Waals surface area contributed by atoms with Gasteiger partial charge < -0.3 is 9.80 Å². The van der Waals surface area contributed by atoms with Gasteiger partial charge >= 0.3 is 0 Å². The summed E-state index contributed by atoms with van der Waals surface area (Å²) in [4.78, 5) is 21.8. The van der Waals surface area contributed by atoms with Gasteiger partial charge in [0.05, 0.1) is 32.4 Å². The molecule has 2 bridgehead atoms. The van der Waals surface area contributed by atoms with E-state index in [4.69, 9.17) is 11.6 Å². The van der Waals surface area contributed by atoms with Crippen LogP contribution in [-0.4, -0.2) is 59.0 Å². The summed E-state index contributed by atoms with van der Waals surface area (Å²) in [7, 11) is -3.49. The number of carbonyl (C=O) groups is 1. The first-order valence-corrected chi connectivity index (χ1v) is 13.9. The van der Waals surface area contributed by atoms with Gasteiger partial charge in [-0.3, -0.25) is 9.20 Å². The van der Waals surface area contributed by atoms with Crippen LogP contribution in [0.25, 0.3) is 5.52 Å². The van der Waals surface area contributed by atoms with E-state index in [1.807, 2.05) is 18.2 Å². The molecule has 10 heteroatoms. The lowest BCUT2D eigenvalue weighted by atomic mass is 10.1. The van der Waals surface area contributed by atoms with E-state index in [1.54, 1.807) is 29.6 Å². The van der Waals surface area contributed by atoms with Gasteiger partial charge in [0.1, 0.15) is 18.0 Å². The highest BCUT2D eigenvalue weighted by Gasteiger charge is 2.43. The van der Waals surface area contributed by atoms with Crippen molar-refractivity contribution in [3.8, 4) is 0 Å². The van der Waals surface area contributed by atoms with Crippen LogP contribution >= 0.6 is 11.6 Å². The van der Waals surface area contributed by atoms with Crippen molar-refractivity contribution in [3.05, 3.63) is 59.3 Å². The minimum absolute atomic E-state index is 0.0219. The number of amides is 1. The van der Waals surface area contributed by atoms with Crippen molar-refractivity contribution in [2.75, 3.05) is 18.0 Å². The van der Waals surface area contributed by atoms with Crippen molar-refractivity contribution < 1.29 is 17.6 Å². The molecule has 1 aromatic carbocycles. The van der Waals surface area contributed by atoms with Crippen LogP contribution in [-0.2, 0) is 9.84 Å². The van der Waals surface area contributed by atoms with Crippen molar-refractivity contribution >= 4 is 38.7 Å². The third-order valence-corrected chi connectivity index (χ3v) is 10.1. The highest BCUT2D eigenvalue weighted by Crippen LogP contribution is 2.38. The number of likely N-dealkylation sites (tertiary alicyclic amines) is 1. The minimum Gasteiger partial charge on any atom is -0.348 e. The monoisotopic (exact) mass is 518 g/mol. The Balaban J connectivity index is 1.49. The molecule has 2 atom stereocenters. The van der Waals surface area contributed by atoms with E-state index in [0.717, 1.165) is 30.2 Å². The third kappa shape index (κ3) is 4.08. The summed E-state index contributed by atoms with van der Waals surface area (Å²) >= 11 is 6.15. The van der Waals surface area contributed by atoms with E-state index in [1.165, 1.54) is 12.1 Å². The molecule has 2 aliphatic rings. The first kappa shape index (κ1) is 24.1. The average molecular weight is 519 g/mol. The van der Waals surface area contributed by atoms with Crippen LogP contribution in [0.15, 0.2) is 47.8 Å². The van der Waals surface area contributed by atoms with Crippen LogP contribution in [0.2, 0.25) is 5.02 Å². The lowest BCUT2D eigenvalue weighted by Crippen LogP contribution is -2.56. The quantitative estimate of drug-likeness (QED) is 0.477. The summed E-state index contributed by atoms with van der Waals surface area (Å²) in [6.07, 6.45) is 6.24. The van der Waals surface area contributed by atoms with Gasteiger partial charge in [0.2, 0.25) is 0 Å². The summed E-state index contributed by atoms with van der Waals surface area (Å²) < 4.78 is 42.2. The van der Waals surface area contributed by atoms with Gasteiger partial charge in [0.15, 0.2) is 9.84 Å². The molecule has 4 heterocycles. The Morgan fingerprint density at radius 1 is 1.14 bits per heavy atom. The Kier molecular flexibility index (Phi) is 6.25. The SMILES string of the molecule is CCC(CC)S(=O)(=O)c1cc(N2[C@@H]3CC[C@H]2CN(C(=O)c2ccc(F)cc2Cl)C3)n2cncc2c1. The molecule has 186 valence electrons. The van der Waals surface area contributed by atoms with E-state index in [9.17, 15) is 17.6 Å². The fraction of sp³-hybridized carbons (Fsp3) is 0.440. The van der Waals surface area contributed by atoms with Crippen LogP contribution in [0.3, 0.4) is 0 Å². The predicted octanol–water partition coefficient (Wildman–Crippen LogP) is 4.58. The van der Waals surface area contributed by atoms with Crippen LogP contribution in [0.1, 0.15) is 49.9 Å². The molecule has 3 aromatic rings. The maximum atomic E-state index is 13.5. The largest absolute Gasteiger partial charge is 0.348 e. The Morgan fingerprint density at radius 3 is 2.46 bits per heavy atom. The van der Waals surface area contributed by atoms with Gasteiger partial charge in [-0.1, -0.05) is 25.4 Å². The van der Waals surface area contributed by atoms with Crippen molar-refractivity contribution in [2.45, 2.75) is 61.8 Å². The number of pyridine rings is 1. The number of imidazole rings is 1. The summed E-state index contributed by atoms with van der Waals surface area (Å²) in [5, 5.41) is -0.336. The lowest BCUT2D eigenvalue weighted by molar-refractivity contribution is 0.0717. The van der Waals surface area contributed by atoms with Crippen LogP contribution in [0.5, 0.6) is 0 Å². The number of hydrogen-bond acceptors (Lipinski definition) is 5. The number of carbonyl (C=O) groups excluding carboxylic acids is 1. The number of sulfone groups is 1. The fourth-order valence-electron chi connectivity index (χ4n) is 5.55. The van der Waals surface area contributed by atoms with E-state index in [2.05, 4.69) is 9.88 Å². The molecule has 35 heavy (non-hydrogen) atoms. The maximum absolute atomic E-state index is 13.5. The smallest absolute Gasteiger partial charge is 0.255 e. The molecule has 2 saturated heterocycles. The molecule has 7 nitrogen and oxygen atoms in total. The lowest BCUT2D eigenvalue weighted by Gasteiger charge is -2.42. The van der Waals surface area contributed by atoms with E-state index in [-0.39, 0.29) is 28.6 Å². The Morgan fingerprint density at radius 2 is 1.83 bits per heavy atom. The highest BCUT2D eigenvalue weighted by atomic mass is 35.5. The molecule has 2 fully saturated rings. The molecule has 0 spiro atoms. The Labute approximate surface area is 209 Å². The number of anilines is 1. The summed E-state index contributed by atoms with van der Waals surface area (Å²) in [6, 6.07) is 7.33. The normalized spacial score (nSPS) is 20.3. The van der Waals surface area contributed by atoms with E-state index in [0.29, 0.717) is 30.8 Å². The molecule has 2 aromatic heterocycles. The molecule has 0 radical (unpaired) electrons. The number of hydrogen-bond donors (Lipinski definition) is 0. The Hall–Kier alpha value is -2.65. The van der Waals surface area contributed by atoms with Gasteiger partial charge in [0, 0.05) is 25.2 Å². The summed E-state index contributed by atoms with van der Waals surface area (Å²) in [5.41, 5.74) is 1.01. The predicted molar refractivity (Wildman–Crippen MR) is 133 cm³/mol. The van der Waals surface area contributed by atoms with Gasteiger partial charge in [-0.05, 0) is 56.0 Å². The van der Waals surface area contributed by atoms with Crippen LogP contribution < -0.4 is 4.90 Å². The van der Waals surface area contributed by atoms with Crippen LogP contribution in [0, 0.1) is 5.82 Å². The molecular weight excluding hydrogens is 491 g/mol. The molecule has 0 N–H and O–H groups in total. The van der Waals surface area contributed by atoms with Gasteiger partial charge in [-0.25, -0.2) is 17.8 Å². The fourth-order valence-corrected chi connectivity index (χ4v) is 7.61. The number of benzene rings is 1. The zero-order valence-electron chi connectivity index (χ0n) is 19.7. The second kappa shape index (κ2) is 9.09. The third-order valence-electron chi connectivity index (χ3n) is 7.35. The number of aromatic nitrogens is 2. The molecular formula is C25H28ClFN4O3S. The number of fused-ring (bicyclic) bond motifs is 3. The maximum Gasteiger partial charge on any atom is 0.255 e. The zero-order chi connectivity index (χ0) is 24.9. The average Bonchev–Trinajstić information content (AvgIpc) is 3.40. The number of piperazine rings is 1. The van der Waals surface area contributed by atoms with Gasteiger partial charge in [-0.2, -0.15) is 0 Å². The van der Waals surface area contributed by atoms with Crippen LogP contribution in [0.4, 0.5) is 10.2 Å². The standard InChI is InChI=1S/C25H28ClFN4O3S/c1-3-20(4-2)35(33,34)21-10-19-12-28-15-30(19)24(11-21)31-17-6-7-18(31)14-29(13-17)25(32)22-8-5-16(27)9-23(22)26/h5,8-12,15,17-18,20H,3-4,6-7,13-14H2,1-2H3/t17-,18+. The minimum atomic E-state index is -3.49. The highest BCUT2D eigenvalue weighted by molar-refractivity contribution is 7.92. The van der Waals surface area contributed by atoms with E-state index >= 15 is 0 Å². The Bertz CT molecular complexity index is 1370. The second-order valence-corrected chi connectivity index (χ2v) is 12.0. The number of nitrogens with zero attached hydrogens (tertiary/aromatic N) is 4. The molecule has 0 aliphatic carbocycles. The molecule has 1 amide bonds. The van der Waals surface area contributed by atoms with Gasteiger partial charge in [-0.15, -0.1) is 0 Å². The molecule has 0 saturated carbocycles. The number of halogens is 2. The van der Waals surface area contributed by atoms with Crippen molar-refractivity contribution in [1.29, 1.82) is 0 Å². The van der Waals surface area contributed by atoms with E-state index < -0.39 is 20.9 Å². The summed E-state index contributed by atoms with van der Waals surface area (Å²) in [6.45, 7) is 4.74. The molecule has 5 rings (SSSR count). The first-order chi connectivity index (χ1) is 16.7. The number of rotatable bonds is 6. The van der Waals surface area contributed by atoms with Crippen molar-refractivity contribution in [3.63, 3.8) is 0 Å². The van der Waals surface area contributed by atoms with Crippen molar-refractivity contribution in [1.82, 2.24) is 14.3 Å². The summed E-state index contributed by atoms with van der Waals surface area (Å²) in [5.74, 6) is 0.0809. The molecule has 0 unspecified atom stereocenters. The topological polar surface area (TPSA) is 75.0 Å². The second-order valence-electron chi connectivity index (χ2n) is 9.35.